The van der Waals surface area contributed by atoms with E-state index >= 15 is 0 Å². The number of nitrogens with one attached hydrogen (secondary N) is 3. The molecule has 0 aliphatic carbocycles. The number of amides is 2. The molecule has 0 fully saturated rings. The summed E-state index contributed by atoms with van der Waals surface area (Å²) in [7, 11) is 0. The molecule has 0 spiro atoms. The summed E-state index contributed by atoms with van der Waals surface area (Å²) in [5.41, 5.74) is 4.65. The van der Waals surface area contributed by atoms with Gasteiger partial charge in [-0.15, -0.1) is 0 Å². The van der Waals surface area contributed by atoms with Crippen LogP contribution in [0.3, 0.4) is 0 Å². The molecule has 4 rings (SSSR count). The standard InChI is InChI=1S/C22H26N4O2/c1-15-21(27)25-18-10-4-9-17(20(18)24-15)22(28)23-12-6-14-26-13-5-8-16-7-2-3-11-19(16)26/h2-4,7,9-11,15,24H,5-6,8,12-14H2,1H3,(H,23,28)(H,25,27)/t15-/m1/s1. The zero-order valence-electron chi connectivity index (χ0n) is 16.1. The van der Waals surface area contributed by atoms with E-state index in [4.69, 9.17) is 0 Å². The van der Waals surface area contributed by atoms with Crippen molar-refractivity contribution in [3.05, 3.63) is 53.6 Å². The second-order valence-corrected chi connectivity index (χ2v) is 7.41. The molecule has 6 nitrogen and oxygen atoms in total. The number of hydrogen-bond acceptors (Lipinski definition) is 4. The Kier molecular flexibility index (Phi) is 5.19. The summed E-state index contributed by atoms with van der Waals surface area (Å²) in [6.45, 7) is 4.39. The van der Waals surface area contributed by atoms with Gasteiger partial charge in [-0.3, -0.25) is 9.59 Å². The molecule has 3 N–H and O–H groups in total. The van der Waals surface area contributed by atoms with E-state index in [1.807, 2.05) is 0 Å². The lowest BCUT2D eigenvalue weighted by Crippen LogP contribution is -2.38. The highest BCUT2D eigenvalue weighted by molar-refractivity contribution is 6.09. The van der Waals surface area contributed by atoms with E-state index in [0.29, 0.717) is 23.5 Å². The molecular formula is C22H26N4O2. The molecule has 2 aliphatic heterocycles. The quantitative estimate of drug-likeness (QED) is 0.700. The van der Waals surface area contributed by atoms with Crippen molar-refractivity contribution in [2.24, 2.45) is 0 Å². The summed E-state index contributed by atoms with van der Waals surface area (Å²) in [6.07, 6.45) is 3.20. The number of aryl methyl sites for hydroxylation is 1. The van der Waals surface area contributed by atoms with Gasteiger partial charge >= 0.3 is 0 Å². The fourth-order valence-electron chi connectivity index (χ4n) is 3.94. The number of anilines is 3. The van der Waals surface area contributed by atoms with Gasteiger partial charge in [-0.25, -0.2) is 0 Å². The van der Waals surface area contributed by atoms with Crippen LogP contribution in [0.2, 0.25) is 0 Å². The van der Waals surface area contributed by atoms with Crippen molar-refractivity contribution in [2.75, 3.05) is 35.2 Å². The predicted molar refractivity (Wildman–Crippen MR) is 112 cm³/mol. The van der Waals surface area contributed by atoms with Crippen molar-refractivity contribution in [3.63, 3.8) is 0 Å². The first-order valence-electron chi connectivity index (χ1n) is 9.95. The molecule has 146 valence electrons. The van der Waals surface area contributed by atoms with Crippen LogP contribution in [-0.4, -0.2) is 37.5 Å². The Hall–Kier alpha value is -3.02. The minimum Gasteiger partial charge on any atom is -0.372 e. The minimum absolute atomic E-state index is 0.0909. The number of rotatable bonds is 5. The normalized spacial score (nSPS) is 17.8. The molecular weight excluding hydrogens is 352 g/mol. The van der Waals surface area contributed by atoms with Gasteiger partial charge in [0.25, 0.3) is 5.91 Å². The maximum atomic E-state index is 12.7. The molecule has 2 heterocycles. The number of fused-ring (bicyclic) bond motifs is 2. The predicted octanol–water partition coefficient (Wildman–Crippen LogP) is 3.01. The van der Waals surface area contributed by atoms with Gasteiger partial charge in [0.15, 0.2) is 0 Å². The summed E-state index contributed by atoms with van der Waals surface area (Å²) >= 11 is 0. The van der Waals surface area contributed by atoms with Gasteiger partial charge in [0.1, 0.15) is 6.04 Å². The lowest BCUT2D eigenvalue weighted by molar-refractivity contribution is -0.116. The Bertz CT molecular complexity index is 896. The first-order valence-corrected chi connectivity index (χ1v) is 9.95. The number of nitrogens with zero attached hydrogens (tertiary/aromatic N) is 1. The largest absolute Gasteiger partial charge is 0.372 e. The van der Waals surface area contributed by atoms with Crippen LogP contribution in [0, 0.1) is 0 Å². The molecule has 2 aromatic carbocycles. The lowest BCUT2D eigenvalue weighted by Gasteiger charge is -2.31. The molecule has 28 heavy (non-hydrogen) atoms. The maximum absolute atomic E-state index is 12.7. The molecule has 0 saturated heterocycles. The topological polar surface area (TPSA) is 73.5 Å². The smallest absolute Gasteiger partial charge is 0.253 e. The molecule has 2 aliphatic rings. The highest BCUT2D eigenvalue weighted by Gasteiger charge is 2.25. The zero-order chi connectivity index (χ0) is 19.5. The Morgan fingerprint density at radius 2 is 2.07 bits per heavy atom. The minimum atomic E-state index is -0.361. The number of para-hydroxylation sites is 2. The Balaban J connectivity index is 1.34. The van der Waals surface area contributed by atoms with Crippen LogP contribution in [0.5, 0.6) is 0 Å². The number of hydrogen-bond donors (Lipinski definition) is 3. The van der Waals surface area contributed by atoms with E-state index in [2.05, 4.69) is 45.1 Å². The SMILES string of the molecule is C[C@H]1Nc2c(cccc2C(=O)NCCCN2CCCc3ccccc32)NC1=O. The molecule has 0 aromatic heterocycles. The van der Waals surface area contributed by atoms with Crippen LogP contribution in [0.25, 0.3) is 0 Å². The van der Waals surface area contributed by atoms with Gasteiger partial charge < -0.3 is 20.9 Å². The van der Waals surface area contributed by atoms with Crippen molar-refractivity contribution in [3.8, 4) is 0 Å². The molecule has 0 unspecified atom stereocenters. The van der Waals surface area contributed by atoms with Crippen LogP contribution in [-0.2, 0) is 11.2 Å². The van der Waals surface area contributed by atoms with Crippen molar-refractivity contribution >= 4 is 28.9 Å². The Labute approximate surface area is 165 Å². The monoisotopic (exact) mass is 378 g/mol. The molecule has 2 aromatic rings. The van der Waals surface area contributed by atoms with Gasteiger partial charge in [-0.2, -0.15) is 0 Å². The van der Waals surface area contributed by atoms with E-state index in [1.165, 1.54) is 17.7 Å². The summed E-state index contributed by atoms with van der Waals surface area (Å²) in [4.78, 5) is 26.9. The van der Waals surface area contributed by atoms with Crippen molar-refractivity contribution in [2.45, 2.75) is 32.2 Å². The van der Waals surface area contributed by atoms with Gasteiger partial charge in [0, 0.05) is 25.3 Å². The highest BCUT2D eigenvalue weighted by Crippen LogP contribution is 2.30. The first-order chi connectivity index (χ1) is 13.6. The van der Waals surface area contributed by atoms with Crippen molar-refractivity contribution in [1.82, 2.24) is 5.32 Å². The number of benzene rings is 2. The van der Waals surface area contributed by atoms with Crippen LogP contribution >= 0.6 is 0 Å². The third kappa shape index (κ3) is 3.67. The van der Waals surface area contributed by atoms with Crippen LogP contribution in [0.1, 0.15) is 35.7 Å². The average Bonchev–Trinajstić information content (AvgIpc) is 2.71. The lowest BCUT2D eigenvalue weighted by atomic mass is 10.0. The van der Waals surface area contributed by atoms with E-state index in [-0.39, 0.29) is 17.9 Å². The van der Waals surface area contributed by atoms with Gasteiger partial charge in [0.2, 0.25) is 5.91 Å². The van der Waals surface area contributed by atoms with Gasteiger partial charge in [-0.05, 0) is 49.9 Å². The van der Waals surface area contributed by atoms with E-state index in [1.54, 1.807) is 25.1 Å². The van der Waals surface area contributed by atoms with E-state index in [0.717, 1.165) is 25.9 Å². The molecule has 0 radical (unpaired) electrons. The maximum Gasteiger partial charge on any atom is 0.253 e. The molecule has 6 heteroatoms. The fraction of sp³-hybridized carbons (Fsp3) is 0.364. The summed E-state index contributed by atoms with van der Waals surface area (Å²) in [6, 6.07) is 13.6. The number of carbonyl (C=O) groups excluding carboxylic acids is 2. The van der Waals surface area contributed by atoms with Crippen molar-refractivity contribution in [1.29, 1.82) is 0 Å². The van der Waals surface area contributed by atoms with Crippen LogP contribution in [0.15, 0.2) is 42.5 Å². The van der Waals surface area contributed by atoms with Crippen LogP contribution < -0.4 is 20.9 Å². The highest BCUT2D eigenvalue weighted by atomic mass is 16.2. The molecule has 0 saturated carbocycles. The summed E-state index contributed by atoms with van der Waals surface area (Å²) in [5.74, 6) is -0.210. The summed E-state index contributed by atoms with van der Waals surface area (Å²) in [5, 5.41) is 8.99. The molecule has 0 bridgehead atoms. The second-order valence-electron chi connectivity index (χ2n) is 7.41. The molecule has 2 amide bonds. The van der Waals surface area contributed by atoms with Crippen LogP contribution in [0.4, 0.5) is 17.1 Å². The Morgan fingerprint density at radius 3 is 2.96 bits per heavy atom. The van der Waals surface area contributed by atoms with Gasteiger partial charge in [-0.1, -0.05) is 24.3 Å². The molecule has 1 atom stereocenters. The number of carbonyl (C=O) groups is 2. The average molecular weight is 378 g/mol. The third-order valence-corrected chi connectivity index (χ3v) is 5.42. The summed E-state index contributed by atoms with van der Waals surface area (Å²) < 4.78 is 0. The van der Waals surface area contributed by atoms with E-state index < -0.39 is 0 Å². The second kappa shape index (κ2) is 7.92. The van der Waals surface area contributed by atoms with E-state index in [9.17, 15) is 9.59 Å². The van der Waals surface area contributed by atoms with Crippen molar-refractivity contribution < 1.29 is 9.59 Å². The fourth-order valence-corrected chi connectivity index (χ4v) is 3.94. The zero-order valence-corrected chi connectivity index (χ0v) is 16.1. The third-order valence-electron chi connectivity index (χ3n) is 5.42. The first kappa shape index (κ1) is 18.3. The van der Waals surface area contributed by atoms with Gasteiger partial charge in [0.05, 0.1) is 16.9 Å². The Morgan fingerprint density at radius 1 is 1.21 bits per heavy atom.